The third-order valence-corrected chi connectivity index (χ3v) is 1.88. The van der Waals surface area contributed by atoms with Crippen molar-refractivity contribution in [1.29, 1.82) is 0 Å². The lowest BCUT2D eigenvalue weighted by Gasteiger charge is -2.14. The highest BCUT2D eigenvalue weighted by molar-refractivity contribution is 4.65. The zero-order valence-corrected chi connectivity index (χ0v) is 7.90. The van der Waals surface area contributed by atoms with Crippen LogP contribution in [0.25, 0.3) is 0 Å². The third-order valence-electron chi connectivity index (χ3n) is 1.88. The summed E-state index contributed by atoms with van der Waals surface area (Å²) in [4.78, 5) is 0. The first-order chi connectivity index (χ1) is 5.35. The van der Waals surface area contributed by atoms with Crippen LogP contribution in [0, 0.1) is 0 Å². The van der Waals surface area contributed by atoms with E-state index in [0.717, 1.165) is 13.1 Å². The molecule has 0 spiro atoms. The SMILES string of the molecule is CCCCNC(CN)CCC. The standard InChI is InChI=1S/C9H22N2/c1-3-5-7-11-9(8-10)6-4-2/h9,11H,3-8,10H2,1-2H3. The molecule has 3 N–H and O–H groups in total. The Morgan fingerprint density at radius 3 is 2.45 bits per heavy atom. The van der Waals surface area contributed by atoms with Crippen molar-refractivity contribution in [1.82, 2.24) is 5.32 Å². The molecule has 0 aromatic rings. The van der Waals surface area contributed by atoms with E-state index in [0.29, 0.717) is 6.04 Å². The van der Waals surface area contributed by atoms with Gasteiger partial charge in [0.15, 0.2) is 0 Å². The molecule has 0 radical (unpaired) electrons. The van der Waals surface area contributed by atoms with Crippen molar-refractivity contribution in [2.75, 3.05) is 13.1 Å². The lowest BCUT2D eigenvalue weighted by molar-refractivity contribution is 0.476. The molecule has 2 heteroatoms. The fraction of sp³-hybridized carbons (Fsp3) is 1.00. The molecule has 0 aliphatic heterocycles. The summed E-state index contributed by atoms with van der Waals surface area (Å²) in [6, 6.07) is 0.548. The maximum absolute atomic E-state index is 5.58. The molecule has 0 aromatic carbocycles. The molecule has 0 amide bonds. The van der Waals surface area contributed by atoms with Crippen LogP contribution in [0.2, 0.25) is 0 Å². The zero-order chi connectivity index (χ0) is 8.53. The van der Waals surface area contributed by atoms with Crippen molar-refractivity contribution in [3.8, 4) is 0 Å². The van der Waals surface area contributed by atoms with Crippen LogP contribution in [-0.2, 0) is 0 Å². The van der Waals surface area contributed by atoms with Crippen molar-refractivity contribution in [3.63, 3.8) is 0 Å². The molecule has 0 rings (SSSR count). The number of rotatable bonds is 7. The van der Waals surface area contributed by atoms with E-state index in [-0.39, 0.29) is 0 Å². The number of hydrogen-bond acceptors (Lipinski definition) is 2. The molecule has 2 nitrogen and oxygen atoms in total. The molecule has 0 bridgehead atoms. The van der Waals surface area contributed by atoms with E-state index in [1.807, 2.05) is 0 Å². The van der Waals surface area contributed by atoms with Crippen LogP contribution in [0.1, 0.15) is 39.5 Å². The van der Waals surface area contributed by atoms with Gasteiger partial charge in [0.2, 0.25) is 0 Å². The fourth-order valence-corrected chi connectivity index (χ4v) is 1.13. The largest absolute Gasteiger partial charge is 0.329 e. The van der Waals surface area contributed by atoms with Gasteiger partial charge in [0.05, 0.1) is 0 Å². The highest BCUT2D eigenvalue weighted by atomic mass is 14.9. The van der Waals surface area contributed by atoms with Crippen LogP contribution >= 0.6 is 0 Å². The Labute approximate surface area is 70.5 Å². The summed E-state index contributed by atoms with van der Waals surface area (Å²) in [5.74, 6) is 0. The molecule has 0 aromatic heterocycles. The van der Waals surface area contributed by atoms with Gasteiger partial charge in [-0.15, -0.1) is 0 Å². The second kappa shape index (κ2) is 8.02. The molecule has 0 saturated carbocycles. The minimum atomic E-state index is 0.548. The summed E-state index contributed by atoms with van der Waals surface area (Å²) >= 11 is 0. The Morgan fingerprint density at radius 2 is 2.00 bits per heavy atom. The molecule has 1 unspecified atom stereocenters. The Morgan fingerprint density at radius 1 is 1.27 bits per heavy atom. The molecule has 0 saturated heterocycles. The normalized spacial score (nSPS) is 13.4. The maximum atomic E-state index is 5.58. The number of unbranched alkanes of at least 4 members (excludes halogenated alkanes) is 1. The Hall–Kier alpha value is -0.0800. The number of nitrogens with two attached hydrogens (primary N) is 1. The predicted molar refractivity (Wildman–Crippen MR) is 50.7 cm³/mol. The molecular weight excluding hydrogens is 136 g/mol. The van der Waals surface area contributed by atoms with Gasteiger partial charge in [-0.2, -0.15) is 0 Å². The van der Waals surface area contributed by atoms with Gasteiger partial charge in [-0.05, 0) is 19.4 Å². The average Bonchev–Trinajstić information content (AvgIpc) is 2.03. The average molecular weight is 158 g/mol. The Kier molecular flexibility index (Phi) is 7.96. The molecule has 1 atom stereocenters. The van der Waals surface area contributed by atoms with E-state index >= 15 is 0 Å². The summed E-state index contributed by atoms with van der Waals surface area (Å²) in [7, 11) is 0. The molecule has 0 fully saturated rings. The van der Waals surface area contributed by atoms with E-state index in [2.05, 4.69) is 19.2 Å². The van der Waals surface area contributed by atoms with E-state index in [1.165, 1.54) is 25.7 Å². The second-order valence-electron chi connectivity index (χ2n) is 3.03. The van der Waals surface area contributed by atoms with Crippen LogP contribution in [0.4, 0.5) is 0 Å². The van der Waals surface area contributed by atoms with Crippen LogP contribution in [0.15, 0.2) is 0 Å². The van der Waals surface area contributed by atoms with Crippen LogP contribution < -0.4 is 11.1 Å². The Balaban J connectivity index is 3.20. The summed E-state index contributed by atoms with van der Waals surface area (Å²) in [5.41, 5.74) is 5.58. The van der Waals surface area contributed by atoms with Gasteiger partial charge in [-0.3, -0.25) is 0 Å². The predicted octanol–water partition coefficient (Wildman–Crippen LogP) is 1.50. The van der Waals surface area contributed by atoms with Crippen molar-refractivity contribution in [3.05, 3.63) is 0 Å². The van der Waals surface area contributed by atoms with Crippen molar-refractivity contribution in [2.45, 2.75) is 45.6 Å². The smallest absolute Gasteiger partial charge is 0.0190 e. The molecule has 11 heavy (non-hydrogen) atoms. The van der Waals surface area contributed by atoms with Crippen molar-refractivity contribution in [2.24, 2.45) is 5.73 Å². The molecule has 0 aliphatic rings. The zero-order valence-electron chi connectivity index (χ0n) is 7.90. The summed E-state index contributed by atoms with van der Waals surface area (Å²) in [6.07, 6.45) is 4.96. The minimum Gasteiger partial charge on any atom is -0.329 e. The highest BCUT2D eigenvalue weighted by Gasteiger charge is 2.01. The van der Waals surface area contributed by atoms with Gasteiger partial charge < -0.3 is 11.1 Å². The van der Waals surface area contributed by atoms with E-state index in [1.54, 1.807) is 0 Å². The molecule has 0 aliphatic carbocycles. The lowest BCUT2D eigenvalue weighted by atomic mass is 10.1. The van der Waals surface area contributed by atoms with Crippen molar-refractivity contribution < 1.29 is 0 Å². The molecular formula is C9H22N2. The summed E-state index contributed by atoms with van der Waals surface area (Å²) in [6.45, 7) is 6.30. The monoisotopic (exact) mass is 158 g/mol. The van der Waals surface area contributed by atoms with E-state index < -0.39 is 0 Å². The van der Waals surface area contributed by atoms with E-state index in [4.69, 9.17) is 5.73 Å². The lowest BCUT2D eigenvalue weighted by Crippen LogP contribution is -2.36. The summed E-state index contributed by atoms with van der Waals surface area (Å²) < 4.78 is 0. The fourth-order valence-electron chi connectivity index (χ4n) is 1.13. The summed E-state index contributed by atoms with van der Waals surface area (Å²) in [5, 5.41) is 3.45. The maximum Gasteiger partial charge on any atom is 0.0190 e. The van der Waals surface area contributed by atoms with Gasteiger partial charge in [-0.1, -0.05) is 26.7 Å². The van der Waals surface area contributed by atoms with Gasteiger partial charge >= 0.3 is 0 Å². The minimum absolute atomic E-state index is 0.548. The van der Waals surface area contributed by atoms with Gasteiger partial charge in [0.1, 0.15) is 0 Å². The van der Waals surface area contributed by atoms with E-state index in [9.17, 15) is 0 Å². The molecule has 0 heterocycles. The van der Waals surface area contributed by atoms with Crippen molar-refractivity contribution >= 4 is 0 Å². The van der Waals surface area contributed by atoms with Crippen LogP contribution in [0.3, 0.4) is 0 Å². The topological polar surface area (TPSA) is 38.0 Å². The quantitative estimate of drug-likeness (QED) is 0.551. The van der Waals surface area contributed by atoms with Crippen LogP contribution in [0.5, 0.6) is 0 Å². The van der Waals surface area contributed by atoms with Gasteiger partial charge in [-0.25, -0.2) is 0 Å². The number of nitrogens with one attached hydrogen (secondary N) is 1. The second-order valence-corrected chi connectivity index (χ2v) is 3.03. The van der Waals surface area contributed by atoms with Crippen LogP contribution in [-0.4, -0.2) is 19.1 Å². The van der Waals surface area contributed by atoms with Gasteiger partial charge in [0.25, 0.3) is 0 Å². The first-order valence-electron chi connectivity index (χ1n) is 4.78. The Bertz CT molecular complexity index is 74.0. The first-order valence-corrected chi connectivity index (χ1v) is 4.78. The highest BCUT2D eigenvalue weighted by Crippen LogP contribution is 1.94. The third kappa shape index (κ3) is 6.32. The first kappa shape index (κ1) is 10.9. The van der Waals surface area contributed by atoms with Gasteiger partial charge in [0, 0.05) is 12.6 Å². The number of hydrogen-bond donors (Lipinski definition) is 2. The molecule has 68 valence electrons.